The third kappa shape index (κ3) is 3.18. The fourth-order valence-corrected chi connectivity index (χ4v) is 2.09. The van der Waals surface area contributed by atoms with Gasteiger partial charge >= 0.3 is 5.97 Å². The van der Waals surface area contributed by atoms with Crippen molar-refractivity contribution in [1.82, 2.24) is 0 Å². The molecule has 0 bridgehead atoms. The smallest absolute Gasteiger partial charge is 0.330 e. The molecular formula is C12H18O3. The lowest BCUT2D eigenvalue weighted by molar-refractivity contribution is -0.137. The second-order valence-corrected chi connectivity index (χ2v) is 4.15. The summed E-state index contributed by atoms with van der Waals surface area (Å²) in [5.41, 5.74) is 1.05. The van der Waals surface area contributed by atoms with Gasteiger partial charge in [0, 0.05) is 18.9 Å². The summed E-state index contributed by atoms with van der Waals surface area (Å²) in [5.74, 6) is 0.341. The topological polar surface area (TPSA) is 43.4 Å². The van der Waals surface area contributed by atoms with E-state index in [-0.39, 0.29) is 23.6 Å². The molecule has 1 fully saturated rings. The fourth-order valence-electron chi connectivity index (χ4n) is 2.09. The van der Waals surface area contributed by atoms with Crippen molar-refractivity contribution in [2.75, 3.05) is 6.61 Å². The van der Waals surface area contributed by atoms with Gasteiger partial charge in [0.1, 0.15) is 5.78 Å². The summed E-state index contributed by atoms with van der Waals surface area (Å²) in [6.45, 7) is 6.15. The van der Waals surface area contributed by atoms with Crippen molar-refractivity contribution in [2.24, 2.45) is 11.8 Å². The van der Waals surface area contributed by atoms with Gasteiger partial charge in [0.15, 0.2) is 0 Å². The van der Waals surface area contributed by atoms with Crippen molar-refractivity contribution in [3.8, 4) is 0 Å². The van der Waals surface area contributed by atoms with Gasteiger partial charge in [0.2, 0.25) is 0 Å². The SMILES string of the molecule is CCOC(=O)C=C1[C@H](C)CC(=O)C[C@@H]1C. The largest absolute Gasteiger partial charge is 0.463 e. The zero-order chi connectivity index (χ0) is 11.4. The van der Waals surface area contributed by atoms with Crippen molar-refractivity contribution >= 4 is 11.8 Å². The highest BCUT2D eigenvalue weighted by Crippen LogP contribution is 2.31. The third-order valence-electron chi connectivity index (χ3n) is 2.78. The number of Topliss-reactive ketones (excluding diaryl/α,β-unsaturated/α-hetero) is 1. The maximum atomic E-state index is 11.3. The molecule has 0 N–H and O–H groups in total. The van der Waals surface area contributed by atoms with E-state index in [0.29, 0.717) is 19.4 Å². The first-order chi connectivity index (χ1) is 7.04. The molecular weight excluding hydrogens is 192 g/mol. The molecule has 84 valence electrons. The van der Waals surface area contributed by atoms with Crippen LogP contribution in [0.3, 0.4) is 0 Å². The fraction of sp³-hybridized carbons (Fsp3) is 0.667. The molecule has 2 atom stereocenters. The number of hydrogen-bond acceptors (Lipinski definition) is 3. The summed E-state index contributed by atoms with van der Waals surface area (Å²) in [6.07, 6.45) is 2.66. The van der Waals surface area contributed by atoms with Crippen molar-refractivity contribution < 1.29 is 14.3 Å². The molecule has 0 amide bonds. The van der Waals surface area contributed by atoms with Crippen LogP contribution in [-0.2, 0) is 14.3 Å². The molecule has 1 aliphatic carbocycles. The quantitative estimate of drug-likeness (QED) is 0.518. The predicted octanol–water partition coefficient (Wildman–Crippen LogP) is 2.11. The maximum absolute atomic E-state index is 11.3. The minimum absolute atomic E-state index is 0.172. The number of carbonyl (C=O) groups is 2. The van der Waals surface area contributed by atoms with Crippen molar-refractivity contribution in [3.63, 3.8) is 0 Å². The third-order valence-corrected chi connectivity index (χ3v) is 2.78. The van der Waals surface area contributed by atoms with Gasteiger partial charge in [-0.05, 0) is 18.8 Å². The molecule has 15 heavy (non-hydrogen) atoms. The Bertz CT molecular complexity index is 275. The van der Waals surface area contributed by atoms with Crippen LogP contribution >= 0.6 is 0 Å². The normalized spacial score (nSPS) is 29.3. The molecule has 0 heterocycles. The molecule has 0 aromatic rings. The Morgan fingerprint density at radius 3 is 2.40 bits per heavy atom. The Hall–Kier alpha value is -1.12. The molecule has 0 aromatic heterocycles. The van der Waals surface area contributed by atoms with E-state index in [1.54, 1.807) is 13.0 Å². The summed E-state index contributed by atoms with van der Waals surface area (Å²) >= 11 is 0. The molecule has 0 aliphatic heterocycles. The van der Waals surface area contributed by atoms with Gasteiger partial charge in [-0.1, -0.05) is 19.4 Å². The molecule has 1 rings (SSSR count). The van der Waals surface area contributed by atoms with E-state index < -0.39 is 0 Å². The van der Waals surface area contributed by atoms with Crippen molar-refractivity contribution in [2.45, 2.75) is 33.6 Å². The Labute approximate surface area is 90.5 Å². The maximum Gasteiger partial charge on any atom is 0.330 e. The number of ether oxygens (including phenoxy) is 1. The number of hydrogen-bond donors (Lipinski definition) is 0. The number of rotatable bonds is 2. The first kappa shape index (κ1) is 12.0. The van der Waals surface area contributed by atoms with E-state index in [1.807, 2.05) is 13.8 Å². The summed E-state index contributed by atoms with van der Waals surface area (Å²) in [5, 5.41) is 0. The van der Waals surface area contributed by atoms with Crippen LogP contribution in [0.25, 0.3) is 0 Å². The van der Waals surface area contributed by atoms with Gasteiger partial charge in [0.25, 0.3) is 0 Å². The van der Waals surface area contributed by atoms with E-state index in [1.165, 1.54) is 0 Å². The Morgan fingerprint density at radius 1 is 1.40 bits per heavy atom. The number of allylic oxidation sites excluding steroid dienone is 1. The van der Waals surface area contributed by atoms with Crippen molar-refractivity contribution in [3.05, 3.63) is 11.6 Å². The van der Waals surface area contributed by atoms with E-state index in [2.05, 4.69) is 0 Å². The van der Waals surface area contributed by atoms with Crippen LogP contribution in [0.5, 0.6) is 0 Å². The molecule has 0 aromatic carbocycles. The van der Waals surface area contributed by atoms with E-state index in [0.717, 1.165) is 5.57 Å². The highest BCUT2D eigenvalue weighted by atomic mass is 16.5. The molecule has 3 heteroatoms. The minimum Gasteiger partial charge on any atom is -0.463 e. The Kier molecular flexibility index (Phi) is 4.06. The second-order valence-electron chi connectivity index (χ2n) is 4.15. The van der Waals surface area contributed by atoms with Gasteiger partial charge in [-0.3, -0.25) is 4.79 Å². The first-order valence-electron chi connectivity index (χ1n) is 5.44. The van der Waals surface area contributed by atoms with E-state index >= 15 is 0 Å². The van der Waals surface area contributed by atoms with Gasteiger partial charge < -0.3 is 4.74 Å². The Morgan fingerprint density at radius 2 is 1.93 bits per heavy atom. The zero-order valence-corrected chi connectivity index (χ0v) is 9.58. The second kappa shape index (κ2) is 5.10. The molecule has 1 saturated carbocycles. The van der Waals surface area contributed by atoms with Gasteiger partial charge in [0.05, 0.1) is 6.61 Å². The standard InChI is InChI=1S/C12H18O3/c1-4-15-12(14)7-11-8(2)5-10(13)6-9(11)3/h7-9H,4-6H2,1-3H3/t8-,9+. The zero-order valence-electron chi connectivity index (χ0n) is 9.58. The summed E-state index contributed by atoms with van der Waals surface area (Å²) in [4.78, 5) is 22.6. The molecule has 1 aliphatic rings. The average molecular weight is 210 g/mol. The summed E-state index contributed by atoms with van der Waals surface area (Å²) < 4.78 is 4.87. The monoisotopic (exact) mass is 210 g/mol. The lowest BCUT2D eigenvalue weighted by Gasteiger charge is -2.26. The summed E-state index contributed by atoms with van der Waals surface area (Å²) in [6, 6.07) is 0. The lowest BCUT2D eigenvalue weighted by Crippen LogP contribution is -2.23. The number of esters is 1. The Balaban J connectivity index is 2.74. The highest BCUT2D eigenvalue weighted by Gasteiger charge is 2.27. The molecule has 0 saturated heterocycles. The van der Waals surface area contributed by atoms with Crippen LogP contribution in [-0.4, -0.2) is 18.4 Å². The van der Waals surface area contributed by atoms with Gasteiger partial charge in [-0.2, -0.15) is 0 Å². The number of carbonyl (C=O) groups excluding carboxylic acids is 2. The van der Waals surface area contributed by atoms with Crippen LogP contribution in [0.1, 0.15) is 33.6 Å². The van der Waals surface area contributed by atoms with Crippen LogP contribution < -0.4 is 0 Å². The lowest BCUT2D eigenvalue weighted by atomic mass is 9.78. The first-order valence-corrected chi connectivity index (χ1v) is 5.44. The van der Waals surface area contributed by atoms with Crippen LogP contribution in [0, 0.1) is 11.8 Å². The molecule has 3 nitrogen and oxygen atoms in total. The van der Waals surface area contributed by atoms with Crippen molar-refractivity contribution in [1.29, 1.82) is 0 Å². The molecule has 0 unspecified atom stereocenters. The number of ketones is 1. The van der Waals surface area contributed by atoms with Gasteiger partial charge in [-0.25, -0.2) is 4.79 Å². The summed E-state index contributed by atoms with van der Waals surface area (Å²) in [7, 11) is 0. The average Bonchev–Trinajstić information content (AvgIpc) is 2.11. The molecule has 0 radical (unpaired) electrons. The molecule has 0 spiro atoms. The highest BCUT2D eigenvalue weighted by molar-refractivity contribution is 5.85. The van der Waals surface area contributed by atoms with Gasteiger partial charge in [-0.15, -0.1) is 0 Å². The van der Waals surface area contributed by atoms with E-state index in [9.17, 15) is 9.59 Å². The predicted molar refractivity (Wildman–Crippen MR) is 57.3 cm³/mol. The van der Waals surface area contributed by atoms with E-state index in [4.69, 9.17) is 4.74 Å². The van der Waals surface area contributed by atoms with Crippen LogP contribution in [0.4, 0.5) is 0 Å². The minimum atomic E-state index is -0.291. The van der Waals surface area contributed by atoms with Crippen LogP contribution in [0.15, 0.2) is 11.6 Å². The van der Waals surface area contributed by atoms with Crippen LogP contribution in [0.2, 0.25) is 0 Å².